The van der Waals surface area contributed by atoms with Crippen molar-refractivity contribution < 1.29 is 13.2 Å². The van der Waals surface area contributed by atoms with E-state index in [4.69, 9.17) is 10.5 Å². The van der Waals surface area contributed by atoms with Crippen molar-refractivity contribution in [3.05, 3.63) is 0 Å². The van der Waals surface area contributed by atoms with Gasteiger partial charge in [-0.2, -0.15) is 17.4 Å². The molecule has 0 spiro atoms. The van der Waals surface area contributed by atoms with E-state index >= 15 is 0 Å². The standard InChI is InChI=1S/C8H19N3O3S/c1-8(2-3-9)10-15(12,13)11-4-6-14-7-5-11/h8,10H,2-7,9H2,1H3. The van der Waals surface area contributed by atoms with E-state index in [0.29, 0.717) is 39.3 Å². The Bertz CT molecular complexity index is 275. The number of nitrogens with two attached hydrogens (primary N) is 1. The van der Waals surface area contributed by atoms with Gasteiger partial charge in [0, 0.05) is 19.1 Å². The molecule has 15 heavy (non-hydrogen) atoms. The average Bonchev–Trinajstić information content (AvgIpc) is 2.18. The molecular formula is C8H19N3O3S. The van der Waals surface area contributed by atoms with Crippen molar-refractivity contribution >= 4 is 10.2 Å². The Morgan fingerprint density at radius 2 is 2.07 bits per heavy atom. The molecule has 0 aromatic rings. The lowest BCUT2D eigenvalue weighted by Crippen LogP contribution is -2.49. The van der Waals surface area contributed by atoms with E-state index in [1.54, 1.807) is 0 Å². The molecule has 1 rings (SSSR count). The molecule has 6 nitrogen and oxygen atoms in total. The van der Waals surface area contributed by atoms with Gasteiger partial charge >= 0.3 is 0 Å². The summed E-state index contributed by atoms with van der Waals surface area (Å²) >= 11 is 0. The van der Waals surface area contributed by atoms with Crippen molar-refractivity contribution in [2.75, 3.05) is 32.8 Å². The van der Waals surface area contributed by atoms with Crippen LogP contribution in [0.15, 0.2) is 0 Å². The SMILES string of the molecule is CC(CCN)NS(=O)(=O)N1CCOCC1. The van der Waals surface area contributed by atoms with Crippen molar-refractivity contribution in [2.45, 2.75) is 19.4 Å². The highest BCUT2D eigenvalue weighted by Gasteiger charge is 2.25. The lowest BCUT2D eigenvalue weighted by molar-refractivity contribution is 0.0723. The fourth-order valence-electron chi connectivity index (χ4n) is 1.42. The zero-order valence-corrected chi connectivity index (χ0v) is 9.79. The molecule has 0 amide bonds. The van der Waals surface area contributed by atoms with Gasteiger partial charge in [0.15, 0.2) is 0 Å². The molecule has 1 aliphatic rings. The van der Waals surface area contributed by atoms with Gasteiger partial charge in [0.05, 0.1) is 13.2 Å². The molecule has 0 radical (unpaired) electrons. The van der Waals surface area contributed by atoms with Gasteiger partial charge in [-0.05, 0) is 19.9 Å². The summed E-state index contributed by atoms with van der Waals surface area (Å²) in [4.78, 5) is 0. The zero-order valence-electron chi connectivity index (χ0n) is 8.98. The van der Waals surface area contributed by atoms with E-state index in [1.807, 2.05) is 6.92 Å². The molecule has 0 aliphatic carbocycles. The highest BCUT2D eigenvalue weighted by Crippen LogP contribution is 2.04. The maximum Gasteiger partial charge on any atom is 0.279 e. The van der Waals surface area contributed by atoms with Gasteiger partial charge in [0.25, 0.3) is 10.2 Å². The molecule has 0 aromatic carbocycles. The van der Waals surface area contributed by atoms with Crippen molar-refractivity contribution in [2.24, 2.45) is 5.73 Å². The molecule has 3 N–H and O–H groups in total. The third-order valence-corrected chi connectivity index (χ3v) is 4.00. The third kappa shape index (κ3) is 4.04. The number of morpholine rings is 1. The van der Waals surface area contributed by atoms with E-state index in [1.165, 1.54) is 4.31 Å². The quantitative estimate of drug-likeness (QED) is 0.635. The van der Waals surface area contributed by atoms with Crippen molar-refractivity contribution in [3.8, 4) is 0 Å². The molecule has 90 valence electrons. The molecule has 0 saturated carbocycles. The predicted molar refractivity (Wildman–Crippen MR) is 57.6 cm³/mol. The van der Waals surface area contributed by atoms with Crippen LogP contribution in [0.25, 0.3) is 0 Å². The summed E-state index contributed by atoms with van der Waals surface area (Å²) in [6, 6.07) is -0.122. The Hall–Kier alpha value is -0.210. The van der Waals surface area contributed by atoms with E-state index in [-0.39, 0.29) is 6.04 Å². The molecular weight excluding hydrogens is 218 g/mol. The summed E-state index contributed by atoms with van der Waals surface area (Å²) in [5, 5.41) is 0. The number of rotatable bonds is 5. The minimum atomic E-state index is -3.36. The fraction of sp³-hybridized carbons (Fsp3) is 1.00. The Balaban J connectivity index is 2.49. The number of hydrogen-bond donors (Lipinski definition) is 2. The zero-order chi connectivity index (χ0) is 11.3. The van der Waals surface area contributed by atoms with Gasteiger partial charge in [-0.3, -0.25) is 0 Å². The fourth-order valence-corrected chi connectivity index (χ4v) is 2.83. The van der Waals surface area contributed by atoms with Crippen molar-refractivity contribution in [1.82, 2.24) is 9.03 Å². The Morgan fingerprint density at radius 3 is 2.60 bits per heavy atom. The number of hydrogen-bond acceptors (Lipinski definition) is 4. The van der Waals surface area contributed by atoms with Crippen LogP contribution >= 0.6 is 0 Å². The first kappa shape index (κ1) is 12.9. The second-order valence-corrected chi connectivity index (χ2v) is 5.31. The predicted octanol–water partition coefficient (Wildman–Crippen LogP) is -1.11. The maximum atomic E-state index is 11.8. The lowest BCUT2D eigenvalue weighted by atomic mass is 10.3. The molecule has 1 atom stereocenters. The third-order valence-electron chi connectivity index (χ3n) is 2.26. The van der Waals surface area contributed by atoms with Crippen LogP contribution in [-0.2, 0) is 14.9 Å². The second-order valence-electron chi connectivity index (χ2n) is 3.61. The summed E-state index contributed by atoms with van der Waals surface area (Å²) < 4.78 is 32.7. The van der Waals surface area contributed by atoms with E-state index in [2.05, 4.69) is 4.72 Å². The monoisotopic (exact) mass is 237 g/mol. The van der Waals surface area contributed by atoms with Crippen LogP contribution < -0.4 is 10.5 Å². The van der Waals surface area contributed by atoms with Crippen LogP contribution in [0.2, 0.25) is 0 Å². The molecule has 1 saturated heterocycles. The smallest absolute Gasteiger partial charge is 0.279 e. The maximum absolute atomic E-state index is 11.8. The van der Waals surface area contributed by atoms with Gasteiger partial charge in [0.1, 0.15) is 0 Å². The normalized spacial score (nSPS) is 21.5. The first-order chi connectivity index (χ1) is 7.06. The first-order valence-electron chi connectivity index (χ1n) is 5.11. The highest BCUT2D eigenvalue weighted by atomic mass is 32.2. The summed E-state index contributed by atoms with van der Waals surface area (Å²) in [7, 11) is -3.36. The van der Waals surface area contributed by atoms with Crippen LogP contribution in [0.3, 0.4) is 0 Å². The molecule has 1 aliphatic heterocycles. The molecule has 0 aromatic heterocycles. The van der Waals surface area contributed by atoms with Crippen LogP contribution in [0.1, 0.15) is 13.3 Å². The van der Waals surface area contributed by atoms with Gasteiger partial charge in [-0.25, -0.2) is 0 Å². The Labute approximate surface area is 90.9 Å². The van der Waals surface area contributed by atoms with Gasteiger partial charge in [-0.1, -0.05) is 0 Å². The summed E-state index contributed by atoms with van der Waals surface area (Å²) in [5.41, 5.74) is 5.36. The van der Waals surface area contributed by atoms with E-state index in [0.717, 1.165) is 0 Å². The molecule has 1 heterocycles. The van der Waals surface area contributed by atoms with Crippen LogP contribution in [0.4, 0.5) is 0 Å². The van der Waals surface area contributed by atoms with Crippen LogP contribution in [0, 0.1) is 0 Å². The minimum Gasteiger partial charge on any atom is -0.379 e. The van der Waals surface area contributed by atoms with Crippen molar-refractivity contribution in [3.63, 3.8) is 0 Å². The first-order valence-corrected chi connectivity index (χ1v) is 6.55. The summed E-state index contributed by atoms with van der Waals surface area (Å²) in [5.74, 6) is 0. The summed E-state index contributed by atoms with van der Waals surface area (Å²) in [6.07, 6.45) is 0.642. The second kappa shape index (κ2) is 5.76. The number of nitrogens with one attached hydrogen (secondary N) is 1. The largest absolute Gasteiger partial charge is 0.379 e. The topological polar surface area (TPSA) is 84.7 Å². The van der Waals surface area contributed by atoms with Gasteiger partial charge in [-0.15, -0.1) is 0 Å². The van der Waals surface area contributed by atoms with Gasteiger partial charge in [0.2, 0.25) is 0 Å². The summed E-state index contributed by atoms with van der Waals surface area (Å²) in [6.45, 7) is 4.06. The number of nitrogens with zero attached hydrogens (tertiary/aromatic N) is 1. The van der Waals surface area contributed by atoms with E-state index < -0.39 is 10.2 Å². The van der Waals surface area contributed by atoms with Crippen LogP contribution in [-0.4, -0.2) is 51.6 Å². The lowest BCUT2D eigenvalue weighted by Gasteiger charge is -2.27. The molecule has 0 bridgehead atoms. The van der Waals surface area contributed by atoms with Crippen LogP contribution in [0.5, 0.6) is 0 Å². The van der Waals surface area contributed by atoms with E-state index in [9.17, 15) is 8.42 Å². The average molecular weight is 237 g/mol. The molecule has 1 fully saturated rings. The highest BCUT2D eigenvalue weighted by molar-refractivity contribution is 7.87. The Morgan fingerprint density at radius 1 is 1.47 bits per heavy atom. The minimum absolute atomic E-state index is 0.122. The Kier molecular flexibility index (Phi) is 4.94. The molecule has 7 heteroatoms. The number of ether oxygens (including phenoxy) is 1. The van der Waals surface area contributed by atoms with Gasteiger partial charge < -0.3 is 10.5 Å². The molecule has 1 unspecified atom stereocenters. The van der Waals surface area contributed by atoms with Crippen molar-refractivity contribution in [1.29, 1.82) is 0 Å².